The molecule has 0 saturated carbocycles. The molecule has 180 valence electrons. The Morgan fingerprint density at radius 3 is 2.71 bits per heavy atom. The van der Waals surface area contributed by atoms with Gasteiger partial charge < -0.3 is 14.8 Å². The van der Waals surface area contributed by atoms with Crippen LogP contribution in [0.4, 0.5) is 13.2 Å². The van der Waals surface area contributed by atoms with Crippen LogP contribution < -0.4 is 10.1 Å². The topological polar surface area (TPSA) is 78.3 Å². The summed E-state index contributed by atoms with van der Waals surface area (Å²) >= 11 is 1.10. The van der Waals surface area contributed by atoms with Crippen molar-refractivity contribution in [2.75, 3.05) is 26.0 Å². The molecule has 1 atom stereocenters. The van der Waals surface area contributed by atoms with Crippen LogP contribution in [0.3, 0.4) is 0 Å². The first-order chi connectivity index (χ1) is 16.3. The molecular formula is C23H23F3N4O3S. The van der Waals surface area contributed by atoms with Crippen LogP contribution in [-0.4, -0.2) is 52.8 Å². The average molecular weight is 493 g/mol. The summed E-state index contributed by atoms with van der Waals surface area (Å²) in [4.78, 5) is 12.3. The van der Waals surface area contributed by atoms with Crippen molar-refractivity contribution in [1.82, 2.24) is 20.1 Å². The zero-order chi connectivity index (χ0) is 24.1. The number of aromatic nitrogens is 3. The first-order valence-corrected chi connectivity index (χ1v) is 11.6. The molecule has 1 fully saturated rings. The number of carbonyl (C=O) groups excluding carboxylic acids is 1. The van der Waals surface area contributed by atoms with E-state index in [-0.39, 0.29) is 23.5 Å². The number of amides is 1. The molecule has 1 amide bonds. The maximum absolute atomic E-state index is 13.4. The zero-order valence-corrected chi connectivity index (χ0v) is 19.2. The van der Waals surface area contributed by atoms with Gasteiger partial charge in [-0.15, -0.1) is 10.2 Å². The Hall–Kier alpha value is -3.05. The molecule has 3 aromatic rings. The summed E-state index contributed by atoms with van der Waals surface area (Å²) in [5.74, 6) is 0.799. The molecule has 1 aliphatic rings. The van der Waals surface area contributed by atoms with Crippen LogP contribution >= 0.6 is 11.8 Å². The molecule has 1 aromatic heterocycles. The van der Waals surface area contributed by atoms with E-state index < -0.39 is 11.7 Å². The first kappa shape index (κ1) is 24.1. The molecule has 0 spiro atoms. The molecule has 0 bridgehead atoms. The number of alkyl halides is 3. The second kappa shape index (κ2) is 10.5. The van der Waals surface area contributed by atoms with Crippen LogP contribution in [0, 0.1) is 0 Å². The number of methoxy groups -OCH3 is 1. The van der Waals surface area contributed by atoms with Gasteiger partial charge in [-0.2, -0.15) is 13.2 Å². The van der Waals surface area contributed by atoms with Gasteiger partial charge in [-0.3, -0.25) is 9.36 Å². The van der Waals surface area contributed by atoms with E-state index in [1.54, 1.807) is 37.4 Å². The van der Waals surface area contributed by atoms with Gasteiger partial charge >= 0.3 is 6.18 Å². The minimum absolute atomic E-state index is 0.0179. The lowest BCUT2D eigenvalue weighted by Crippen LogP contribution is -2.32. The van der Waals surface area contributed by atoms with E-state index in [2.05, 4.69) is 15.5 Å². The summed E-state index contributed by atoms with van der Waals surface area (Å²) in [5.41, 5.74) is 0.0953. The van der Waals surface area contributed by atoms with Gasteiger partial charge in [-0.1, -0.05) is 17.8 Å². The minimum Gasteiger partial charge on any atom is -0.497 e. The van der Waals surface area contributed by atoms with Crippen LogP contribution in [0.25, 0.3) is 17.1 Å². The van der Waals surface area contributed by atoms with E-state index in [0.717, 1.165) is 36.7 Å². The molecule has 0 aliphatic carbocycles. The largest absolute Gasteiger partial charge is 0.497 e. The van der Waals surface area contributed by atoms with Crippen molar-refractivity contribution in [2.24, 2.45) is 0 Å². The number of hydrogen-bond donors (Lipinski definition) is 1. The minimum atomic E-state index is -4.50. The molecule has 1 N–H and O–H groups in total. The Labute approximate surface area is 198 Å². The summed E-state index contributed by atoms with van der Waals surface area (Å²) in [7, 11) is 1.54. The molecule has 4 rings (SSSR count). The highest BCUT2D eigenvalue weighted by atomic mass is 32.2. The summed E-state index contributed by atoms with van der Waals surface area (Å²) in [5, 5.41) is 11.5. The lowest BCUT2D eigenvalue weighted by molar-refractivity contribution is -0.137. The van der Waals surface area contributed by atoms with Gasteiger partial charge in [0.05, 0.1) is 30.2 Å². The number of thioether (sulfide) groups is 1. The van der Waals surface area contributed by atoms with Crippen LogP contribution in [0.1, 0.15) is 18.4 Å². The van der Waals surface area contributed by atoms with Crippen molar-refractivity contribution >= 4 is 17.7 Å². The lowest BCUT2D eigenvalue weighted by Gasteiger charge is -2.14. The van der Waals surface area contributed by atoms with Crippen molar-refractivity contribution in [3.05, 3.63) is 54.1 Å². The summed E-state index contributed by atoms with van der Waals surface area (Å²) in [6.45, 7) is 1.13. The second-order valence-electron chi connectivity index (χ2n) is 7.65. The predicted octanol–water partition coefficient (Wildman–Crippen LogP) is 4.35. The third kappa shape index (κ3) is 5.71. The van der Waals surface area contributed by atoms with Crippen LogP contribution in [-0.2, 0) is 15.7 Å². The van der Waals surface area contributed by atoms with E-state index in [1.165, 1.54) is 10.6 Å². The van der Waals surface area contributed by atoms with Gasteiger partial charge in [0.2, 0.25) is 5.91 Å². The highest BCUT2D eigenvalue weighted by molar-refractivity contribution is 7.99. The molecular weight excluding hydrogens is 469 g/mol. The van der Waals surface area contributed by atoms with Gasteiger partial charge in [0, 0.05) is 18.7 Å². The second-order valence-corrected chi connectivity index (χ2v) is 8.59. The molecule has 1 aliphatic heterocycles. The fourth-order valence-electron chi connectivity index (χ4n) is 3.56. The number of hydrogen-bond acceptors (Lipinski definition) is 6. The number of nitrogens with one attached hydrogen (secondary N) is 1. The van der Waals surface area contributed by atoms with E-state index in [0.29, 0.717) is 35.4 Å². The van der Waals surface area contributed by atoms with Gasteiger partial charge in [0.25, 0.3) is 0 Å². The summed E-state index contributed by atoms with van der Waals surface area (Å²) < 4.78 is 52.3. The van der Waals surface area contributed by atoms with Gasteiger partial charge in [0.1, 0.15) is 5.75 Å². The fourth-order valence-corrected chi connectivity index (χ4v) is 4.34. The van der Waals surface area contributed by atoms with Crippen molar-refractivity contribution in [1.29, 1.82) is 0 Å². The van der Waals surface area contributed by atoms with Crippen molar-refractivity contribution < 1.29 is 27.4 Å². The number of nitrogens with zero attached hydrogens (tertiary/aromatic N) is 3. The molecule has 2 heterocycles. The smallest absolute Gasteiger partial charge is 0.416 e. The Balaban J connectivity index is 1.61. The van der Waals surface area contributed by atoms with Crippen molar-refractivity contribution in [2.45, 2.75) is 30.3 Å². The quantitative estimate of drug-likeness (QED) is 0.471. The molecule has 0 radical (unpaired) electrons. The third-order valence-corrected chi connectivity index (χ3v) is 6.23. The molecule has 7 nitrogen and oxygen atoms in total. The van der Waals surface area contributed by atoms with E-state index in [9.17, 15) is 18.0 Å². The molecule has 1 saturated heterocycles. The normalized spacial score (nSPS) is 15.9. The van der Waals surface area contributed by atoms with Crippen LogP contribution in [0.2, 0.25) is 0 Å². The summed E-state index contributed by atoms with van der Waals surface area (Å²) in [6, 6.07) is 11.9. The number of benzene rings is 2. The van der Waals surface area contributed by atoms with Gasteiger partial charge in [-0.05, 0) is 55.3 Å². The molecule has 1 unspecified atom stereocenters. The average Bonchev–Trinajstić information content (AvgIpc) is 3.51. The zero-order valence-electron chi connectivity index (χ0n) is 18.3. The van der Waals surface area contributed by atoms with Crippen LogP contribution in [0.5, 0.6) is 5.75 Å². The fraction of sp³-hybridized carbons (Fsp3) is 0.348. The molecule has 11 heteroatoms. The third-order valence-electron chi connectivity index (χ3n) is 5.30. The maximum Gasteiger partial charge on any atom is 0.416 e. The van der Waals surface area contributed by atoms with E-state index >= 15 is 0 Å². The first-order valence-electron chi connectivity index (χ1n) is 10.6. The Kier molecular flexibility index (Phi) is 7.42. The number of rotatable bonds is 8. The Bertz CT molecular complexity index is 1130. The highest BCUT2D eigenvalue weighted by Gasteiger charge is 2.31. The Morgan fingerprint density at radius 2 is 2.03 bits per heavy atom. The maximum atomic E-state index is 13.4. The van der Waals surface area contributed by atoms with E-state index in [4.69, 9.17) is 9.47 Å². The number of carbonyl (C=O) groups is 1. The number of halogens is 3. The van der Waals surface area contributed by atoms with Gasteiger partial charge in [0.15, 0.2) is 11.0 Å². The van der Waals surface area contributed by atoms with Gasteiger partial charge in [-0.25, -0.2) is 0 Å². The monoisotopic (exact) mass is 492 g/mol. The van der Waals surface area contributed by atoms with Crippen molar-refractivity contribution in [3.8, 4) is 22.8 Å². The molecule has 34 heavy (non-hydrogen) atoms. The Morgan fingerprint density at radius 1 is 1.24 bits per heavy atom. The number of ether oxygens (including phenoxy) is 2. The standard InChI is InChI=1S/C23H23F3N4O3S/c1-32-18-9-7-15(8-10-18)21-28-29-22(34-14-20(31)27-13-19-6-3-11-33-19)30(21)17-5-2-4-16(12-17)23(24,25)26/h2,4-5,7-10,12,19H,3,6,11,13-14H2,1H3,(H,27,31). The lowest BCUT2D eigenvalue weighted by atomic mass is 10.1. The summed E-state index contributed by atoms with van der Waals surface area (Å²) in [6.07, 6.45) is -2.60. The SMILES string of the molecule is COc1ccc(-c2nnc(SCC(=O)NCC3CCCO3)n2-c2cccc(C(F)(F)F)c2)cc1. The van der Waals surface area contributed by atoms with Crippen LogP contribution in [0.15, 0.2) is 53.7 Å². The van der Waals surface area contributed by atoms with E-state index in [1.807, 2.05) is 0 Å². The van der Waals surface area contributed by atoms with Crippen molar-refractivity contribution in [3.63, 3.8) is 0 Å². The molecule has 2 aromatic carbocycles. The predicted molar refractivity (Wildman–Crippen MR) is 121 cm³/mol. The highest BCUT2D eigenvalue weighted by Crippen LogP contribution is 2.33.